The molecule has 0 bridgehead atoms. The Labute approximate surface area is 110 Å². The molecule has 7 heteroatoms. The second kappa shape index (κ2) is 5.23. The number of nitro benzene ring substituents is 1. The van der Waals surface area contributed by atoms with Gasteiger partial charge in [-0.05, 0) is 24.5 Å². The van der Waals surface area contributed by atoms with Crippen LogP contribution in [0.4, 0.5) is 11.4 Å². The molecule has 1 aromatic carbocycles. The van der Waals surface area contributed by atoms with Gasteiger partial charge in [-0.15, -0.1) is 0 Å². The smallest absolute Gasteiger partial charge is 0.292 e. The van der Waals surface area contributed by atoms with Gasteiger partial charge in [-0.1, -0.05) is 6.07 Å². The number of hydrogen-bond acceptors (Lipinski definition) is 5. The van der Waals surface area contributed by atoms with Gasteiger partial charge in [0.1, 0.15) is 5.69 Å². The molecule has 1 aromatic rings. The van der Waals surface area contributed by atoms with Crippen LogP contribution in [0.1, 0.15) is 12.0 Å². The number of benzene rings is 1. The maximum absolute atomic E-state index is 11.6. The van der Waals surface area contributed by atoms with Crippen LogP contribution in [0.15, 0.2) is 18.2 Å². The fraction of sp³-hybridized carbons (Fsp3) is 0.417. The van der Waals surface area contributed by atoms with Crippen molar-refractivity contribution in [3.63, 3.8) is 0 Å². The van der Waals surface area contributed by atoms with Crippen LogP contribution in [-0.4, -0.2) is 34.9 Å². The zero-order valence-electron chi connectivity index (χ0n) is 10.4. The molecule has 0 aromatic heterocycles. The lowest BCUT2D eigenvalue weighted by molar-refractivity contribution is -0.384. The fourth-order valence-corrected chi connectivity index (χ4v) is 2.15. The van der Waals surface area contributed by atoms with E-state index in [1.807, 2.05) is 0 Å². The summed E-state index contributed by atoms with van der Waals surface area (Å²) in [6, 6.07) is 4.31. The lowest BCUT2D eigenvalue weighted by Crippen LogP contribution is -2.35. The number of nitrogens with zero attached hydrogens (tertiary/aromatic N) is 2. The van der Waals surface area contributed by atoms with Gasteiger partial charge < -0.3 is 16.4 Å². The van der Waals surface area contributed by atoms with E-state index in [1.54, 1.807) is 11.0 Å². The van der Waals surface area contributed by atoms with Gasteiger partial charge in [0.25, 0.3) is 5.69 Å². The minimum Gasteiger partial charge on any atom is -0.393 e. The molecule has 4 N–H and O–H groups in total. The zero-order valence-corrected chi connectivity index (χ0v) is 10.4. The molecule has 0 radical (unpaired) electrons. The summed E-state index contributed by atoms with van der Waals surface area (Å²) in [6.07, 6.45) is 1.22. The summed E-state index contributed by atoms with van der Waals surface area (Å²) < 4.78 is 0. The molecule has 1 amide bonds. The molecule has 1 heterocycles. The van der Waals surface area contributed by atoms with Gasteiger partial charge in [0.15, 0.2) is 0 Å². The number of amides is 1. The van der Waals surface area contributed by atoms with Crippen LogP contribution in [-0.2, 0) is 11.2 Å². The van der Waals surface area contributed by atoms with E-state index in [2.05, 4.69) is 0 Å². The molecule has 19 heavy (non-hydrogen) atoms. The van der Waals surface area contributed by atoms with Crippen molar-refractivity contribution in [2.45, 2.75) is 18.9 Å². The third-order valence-corrected chi connectivity index (χ3v) is 3.30. The van der Waals surface area contributed by atoms with Crippen LogP contribution in [0.25, 0.3) is 0 Å². The number of rotatable bonds is 4. The van der Waals surface area contributed by atoms with Crippen LogP contribution >= 0.6 is 0 Å². The van der Waals surface area contributed by atoms with E-state index in [-0.39, 0.29) is 17.3 Å². The van der Waals surface area contributed by atoms with Crippen LogP contribution in [0.5, 0.6) is 0 Å². The van der Waals surface area contributed by atoms with E-state index >= 15 is 0 Å². The summed E-state index contributed by atoms with van der Waals surface area (Å²) in [5, 5.41) is 10.8. The Morgan fingerprint density at radius 1 is 1.47 bits per heavy atom. The Bertz CT molecular complexity index is 518. The largest absolute Gasteiger partial charge is 0.393 e. The maximum atomic E-state index is 11.6. The second-order valence-electron chi connectivity index (χ2n) is 4.62. The third kappa shape index (κ3) is 2.82. The van der Waals surface area contributed by atoms with Crippen LogP contribution in [0, 0.1) is 10.1 Å². The van der Waals surface area contributed by atoms with Crippen molar-refractivity contribution in [2.75, 3.05) is 18.8 Å². The average Bonchev–Trinajstić information content (AvgIpc) is 2.69. The van der Waals surface area contributed by atoms with Crippen molar-refractivity contribution in [1.29, 1.82) is 0 Å². The van der Waals surface area contributed by atoms with E-state index in [0.717, 1.165) is 5.56 Å². The molecule has 0 saturated carbocycles. The molecule has 1 aliphatic heterocycles. The number of nitrogen functional groups attached to an aromatic ring is 1. The Balaban J connectivity index is 2.02. The Morgan fingerprint density at radius 3 is 2.79 bits per heavy atom. The van der Waals surface area contributed by atoms with E-state index in [1.165, 1.54) is 12.1 Å². The van der Waals surface area contributed by atoms with Gasteiger partial charge in [0.2, 0.25) is 5.91 Å². The van der Waals surface area contributed by atoms with E-state index in [0.29, 0.717) is 25.9 Å². The van der Waals surface area contributed by atoms with Gasteiger partial charge in [0, 0.05) is 19.2 Å². The summed E-state index contributed by atoms with van der Waals surface area (Å²) in [4.78, 5) is 23.6. The van der Waals surface area contributed by atoms with Gasteiger partial charge in [-0.3, -0.25) is 14.9 Å². The number of hydrogen-bond donors (Lipinski definition) is 2. The first-order chi connectivity index (χ1) is 8.99. The number of carbonyl (C=O) groups excluding carboxylic acids is 1. The second-order valence-corrected chi connectivity index (χ2v) is 4.62. The number of nitro groups is 1. The highest BCUT2D eigenvalue weighted by atomic mass is 16.6. The lowest BCUT2D eigenvalue weighted by atomic mass is 10.1. The Hall–Kier alpha value is -2.15. The summed E-state index contributed by atoms with van der Waals surface area (Å²) in [5.74, 6) is -0.0510. The first kappa shape index (κ1) is 13.3. The molecule has 0 spiro atoms. The van der Waals surface area contributed by atoms with Crippen LogP contribution in [0.2, 0.25) is 0 Å². The molecule has 1 unspecified atom stereocenters. The van der Waals surface area contributed by atoms with Crippen molar-refractivity contribution in [3.05, 3.63) is 33.9 Å². The molecule has 7 nitrogen and oxygen atoms in total. The molecule has 1 saturated heterocycles. The van der Waals surface area contributed by atoms with Gasteiger partial charge >= 0.3 is 0 Å². The number of carbonyl (C=O) groups is 1. The van der Waals surface area contributed by atoms with Crippen molar-refractivity contribution in [2.24, 2.45) is 5.73 Å². The average molecular weight is 264 g/mol. The van der Waals surface area contributed by atoms with E-state index in [9.17, 15) is 14.9 Å². The summed E-state index contributed by atoms with van der Waals surface area (Å²) in [5.41, 5.74) is 12.0. The molecule has 2 rings (SSSR count). The summed E-state index contributed by atoms with van der Waals surface area (Å²) >= 11 is 0. The monoisotopic (exact) mass is 264 g/mol. The highest BCUT2D eigenvalue weighted by Gasteiger charge is 2.27. The first-order valence-corrected chi connectivity index (χ1v) is 6.06. The van der Waals surface area contributed by atoms with Crippen LogP contribution < -0.4 is 11.5 Å². The molecule has 1 fully saturated rings. The van der Waals surface area contributed by atoms with Crippen molar-refractivity contribution >= 4 is 17.3 Å². The summed E-state index contributed by atoms with van der Waals surface area (Å²) in [7, 11) is 0. The fourth-order valence-electron chi connectivity index (χ4n) is 2.15. The zero-order chi connectivity index (χ0) is 14.0. The molecule has 0 aliphatic carbocycles. The predicted octanol–water partition coefficient (Wildman–Crippen LogP) is 0.279. The lowest BCUT2D eigenvalue weighted by Gasteiger charge is -2.15. The molecular formula is C12H16N4O3. The van der Waals surface area contributed by atoms with Gasteiger partial charge in [-0.2, -0.15) is 0 Å². The third-order valence-electron chi connectivity index (χ3n) is 3.30. The number of anilines is 1. The molecular weight excluding hydrogens is 248 g/mol. The SMILES string of the molecule is Nc1ccc(CCN2CCC(N)C2=O)cc1[N+](=O)[O-]. The van der Waals surface area contributed by atoms with Gasteiger partial charge in [-0.25, -0.2) is 0 Å². The predicted molar refractivity (Wildman–Crippen MR) is 70.4 cm³/mol. The van der Waals surface area contributed by atoms with Crippen molar-refractivity contribution in [1.82, 2.24) is 4.90 Å². The first-order valence-electron chi connectivity index (χ1n) is 6.06. The van der Waals surface area contributed by atoms with E-state index < -0.39 is 11.0 Å². The highest BCUT2D eigenvalue weighted by molar-refractivity contribution is 5.83. The molecule has 1 aliphatic rings. The quantitative estimate of drug-likeness (QED) is 0.460. The Morgan fingerprint density at radius 2 is 2.21 bits per heavy atom. The molecule has 1 atom stereocenters. The minimum absolute atomic E-state index is 0.0510. The summed E-state index contributed by atoms with van der Waals surface area (Å²) in [6.45, 7) is 1.17. The standard InChI is InChI=1S/C12H16N4O3/c13-9-2-1-8(7-11(9)16(18)19)3-5-15-6-4-10(14)12(15)17/h1-2,7,10H,3-6,13-14H2. The van der Waals surface area contributed by atoms with Crippen LogP contribution in [0.3, 0.4) is 0 Å². The number of nitrogens with two attached hydrogens (primary N) is 2. The minimum atomic E-state index is -0.504. The topological polar surface area (TPSA) is 115 Å². The van der Waals surface area contributed by atoms with Crippen molar-refractivity contribution < 1.29 is 9.72 Å². The Kier molecular flexibility index (Phi) is 3.66. The van der Waals surface area contributed by atoms with Crippen molar-refractivity contribution in [3.8, 4) is 0 Å². The number of likely N-dealkylation sites (tertiary alicyclic amines) is 1. The van der Waals surface area contributed by atoms with E-state index in [4.69, 9.17) is 11.5 Å². The normalized spacial score (nSPS) is 18.9. The van der Waals surface area contributed by atoms with Gasteiger partial charge in [0.05, 0.1) is 11.0 Å². The highest BCUT2D eigenvalue weighted by Crippen LogP contribution is 2.23. The maximum Gasteiger partial charge on any atom is 0.292 e. The molecule has 102 valence electrons.